The average molecular weight is 234 g/mol. The molecule has 0 spiro atoms. The van der Waals surface area contributed by atoms with Crippen molar-refractivity contribution in [1.82, 2.24) is 0 Å². The molecule has 3 rings (SSSR count). The number of thioether (sulfide) groups is 1. The number of hydrogen-bond acceptors (Lipinski definition) is 4. The Kier molecular flexibility index (Phi) is 2.28. The zero-order valence-corrected chi connectivity index (χ0v) is 9.78. The number of rotatable bonds is 0. The van der Waals surface area contributed by atoms with Crippen molar-refractivity contribution in [1.29, 1.82) is 0 Å². The van der Waals surface area contributed by atoms with Crippen LogP contribution in [0.25, 0.3) is 0 Å². The summed E-state index contributed by atoms with van der Waals surface area (Å²) in [4.78, 5) is 20.8. The Morgan fingerprint density at radius 3 is 3.25 bits per heavy atom. The molecule has 0 aromatic rings. The quantitative estimate of drug-likeness (QED) is 0.603. The van der Waals surface area contributed by atoms with E-state index in [1.807, 2.05) is 17.8 Å². The third kappa shape index (κ3) is 1.46. The van der Waals surface area contributed by atoms with Crippen LogP contribution >= 0.6 is 11.8 Å². The number of nitroso groups, excluding NO2 is 1. The Balaban J connectivity index is 2.05. The van der Waals surface area contributed by atoms with Crippen molar-refractivity contribution in [3.8, 4) is 0 Å². The summed E-state index contributed by atoms with van der Waals surface area (Å²) >= 11 is 1.66. The molecule has 4 nitrogen and oxygen atoms in total. The summed E-state index contributed by atoms with van der Waals surface area (Å²) in [5.41, 5.74) is 1.84. The first-order valence-corrected chi connectivity index (χ1v) is 6.40. The van der Waals surface area contributed by atoms with Crippen LogP contribution in [0.1, 0.15) is 13.3 Å². The van der Waals surface area contributed by atoms with Gasteiger partial charge in [0.15, 0.2) is 6.04 Å². The molecule has 0 saturated heterocycles. The SMILES string of the molecule is CC1C=NC2=C(C1)N=CC1=CSCC1[N+]2=O. The van der Waals surface area contributed by atoms with E-state index < -0.39 is 0 Å². The van der Waals surface area contributed by atoms with Gasteiger partial charge in [-0.05, 0) is 15.2 Å². The lowest BCUT2D eigenvalue weighted by Gasteiger charge is -2.09. The highest BCUT2D eigenvalue weighted by atomic mass is 32.2. The molecule has 5 heteroatoms. The van der Waals surface area contributed by atoms with E-state index in [0.717, 1.165) is 28.2 Å². The molecule has 0 aromatic heterocycles. The minimum Gasteiger partial charge on any atom is -0.252 e. The van der Waals surface area contributed by atoms with E-state index in [-0.39, 0.29) is 6.04 Å². The zero-order chi connectivity index (χ0) is 11.1. The van der Waals surface area contributed by atoms with Crippen LogP contribution in [-0.2, 0) is 0 Å². The van der Waals surface area contributed by atoms with Crippen LogP contribution in [0.5, 0.6) is 0 Å². The van der Waals surface area contributed by atoms with Gasteiger partial charge in [0, 0.05) is 29.9 Å². The lowest BCUT2D eigenvalue weighted by Crippen LogP contribution is -2.26. The predicted molar refractivity (Wildman–Crippen MR) is 65.7 cm³/mol. The average Bonchev–Trinajstić information content (AvgIpc) is 2.69. The van der Waals surface area contributed by atoms with E-state index in [0.29, 0.717) is 11.7 Å². The van der Waals surface area contributed by atoms with Crippen LogP contribution in [0.3, 0.4) is 0 Å². The Morgan fingerprint density at radius 2 is 2.38 bits per heavy atom. The summed E-state index contributed by atoms with van der Waals surface area (Å²) in [7, 11) is 0. The van der Waals surface area contributed by atoms with E-state index in [9.17, 15) is 4.91 Å². The smallest absolute Gasteiger partial charge is 0.252 e. The first-order chi connectivity index (χ1) is 7.75. The first-order valence-electron chi connectivity index (χ1n) is 5.35. The molecule has 0 fully saturated rings. The molecule has 16 heavy (non-hydrogen) atoms. The number of hydrogen-bond donors (Lipinski definition) is 0. The molecule has 0 bridgehead atoms. The van der Waals surface area contributed by atoms with Crippen LogP contribution in [0.15, 0.2) is 32.5 Å². The maximum Gasteiger partial charge on any atom is 0.382 e. The van der Waals surface area contributed by atoms with Gasteiger partial charge < -0.3 is 0 Å². The molecule has 0 N–H and O–H groups in total. The summed E-state index contributed by atoms with van der Waals surface area (Å²) in [6.45, 7) is 2.08. The van der Waals surface area contributed by atoms with Crippen LogP contribution in [0, 0.1) is 10.8 Å². The van der Waals surface area contributed by atoms with Crippen molar-refractivity contribution >= 4 is 24.2 Å². The number of fused-ring (bicyclic) bond motifs is 1. The van der Waals surface area contributed by atoms with E-state index in [4.69, 9.17) is 0 Å². The lowest BCUT2D eigenvalue weighted by atomic mass is 10.1. The summed E-state index contributed by atoms with van der Waals surface area (Å²) in [6.07, 6.45) is 4.47. The first kappa shape index (κ1) is 9.96. The van der Waals surface area contributed by atoms with Gasteiger partial charge in [0.05, 0.1) is 0 Å². The third-order valence-electron chi connectivity index (χ3n) is 2.94. The molecule has 82 valence electrons. The van der Waals surface area contributed by atoms with Crippen LogP contribution < -0.4 is 0 Å². The predicted octanol–water partition coefficient (Wildman–Crippen LogP) is 2.13. The van der Waals surface area contributed by atoms with E-state index in [1.54, 1.807) is 11.8 Å². The van der Waals surface area contributed by atoms with Crippen molar-refractivity contribution in [2.75, 3.05) is 5.75 Å². The molecule has 2 unspecified atom stereocenters. The maximum absolute atomic E-state index is 12.2. The van der Waals surface area contributed by atoms with Crippen molar-refractivity contribution < 1.29 is 4.76 Å². The van der Waals surface area contributed by atoms with Gasteiger partial charge in [-0.15, -0.1) is 11.8 Å². The second-order valence-electron chi connectivity index (χ2n) is 4.28. The van der Waals surface area contributed by atoms with Crippen LogP contribution in [-0.4, -0.2) is 29.0 Å². The molecule has 0 amide bonds. The van der Waals surface area contributed by atoms with Gasteiger partial charge in [0.1, 0.15) is 11.9 Å². The molecule has 2 atom stereocenters. The Hall–Kier alpha value is -1.23. The lowest BCUT2D eigenvalue weighted by molar-refractivity contribution is -0.524. The molecule has 3 aliphatic rings. The molecule has 0 aromatic carbocycles. The molecular weight excluding hydrogens is 222 g/mol. The maximum atomic E-state index is 12.2. The normalized spacial score (nSPS) is 32.3. The summed E-state index contributed by atoms with van der Waals surface area (Å²) < 4.78 is 1.02. The molecule has 3 aliphatic heterocycles. The summed E-state index contributed by atoms with van der Waals surface area (Å²) in [6, 6.07) is -0.105. The topological polar surface area (TPSA) is 44.8 Å². The fourth-order valence-electron chi connectivity index (χ4n) is 2.05. The Morgan fingerprint density at radius 1 is 1.50 bits per heavy atom. The van der Waals surface area contributed by atoms with E-state index >= 15 is 0 Å². The molecule has 0 radical (unpaired) electrons. The van der Waals surface area contributed by atoms with Gasteiger partial charge in [-0.2, -0.15) is 0 Å². The monoisotopic (exact) mass is 234 g/mol. The molecule has 0 saturated carbocycles. The van der Waals surface area contributed by atoms with Crippen molar-refractivity contribution in [3.05, 3.63) is 27.4 Å². The summed E-state index contributed by atoms with van der Waals surface area (Å²) in [5.74, 6) is 1.67. The highest BCUT2D eigenvalue weighted by Crippen LogP contribution is 2.32. The molecule has 3 heterocycles. The third-order valence-corrected chi connectivity index (χ3v) is 3.89. The van der Waals surface area contributed by atoms with Gasteiger partial charge in [0.25, 0.3) is 0 Å². The van der Waals surface area contributed by atoms with Crippen molar-refractivity contribution in [3.63, 3.8) is 0 Å². The van der Waals surface area contributed by atoms with E-state index in [1.165, 1.54) is 0 Å². The van der Waals surface area contributed by atoms with Crippen molar-refractivity contribution in [2.24, 2.45) is 15.9 Å². The second kappa shape index (κ2) is 3.66. The number of allylic oxidation sites excluding steroid dienone is 1. The molecule has 0 aliphatic carbocycles. The van der Waals surface area contributed by atoms with E-state index in [2.05, 4.69) is 16.9 Å². The van der Waals surface area contributed by atoms with Gasteiger partial charge in [-0.3, -0.25) is 4.99 Å². The molecular formula is C11H12N3OS+. The standard InChI is InChI=1S/C11H12N3OS/c1-7-2-9-11(13-3-7)14(15)10-6-16-5-8(10)4-12-9/h3-5,7,10H,2,6H2,1H3/q+1. The highest BCUT2D eigenvalue weighted by Gasteiger charge is 2.38. The minimum absolute atomic E-state index is 0.105. The van der Waals surface area contributed by atoms with Crippen molar-refractivity contribution in [2.45, 2.75) is 19.4 Å². The number of nitrogens with zero attached hydrogens (tertiary/aromatic N) is 3. The Bertz CT molecular complexity index is 476. The fraction of sp³-hybridized carbons (Fsp3) is 0.455. The largest absolute Gasteiger partial charge is 0.382 e. The minimum atomic E-state index is -0.105. The van der Waals surface area contributed by atoms with Gasteiger partial charge in [-0.1, -0.05) is 11.8 Å². The van der Waals surface area contributed by atoms with Crippen LogP contribution in [0.2, 0.25) is 0 Å². The highest BCUT2D eigenvalue weighted by molar-refractivity contribution is 8.02. The fourth-order valence-corrected chi connectivity index (χ4v) is 3.06. The van der Waals surface area contributed by atoms with Crippen LogP contribution in [0.4, 0.5) is 0 Å². The van der Waals surface area contributed by atoms with Gasteiger partial charge in [0.2, 0.25) is 0 Å². The summed E-state index contributed by atoms with van der Waals surface area (Å²) in [5, 5.41) is 2.02. The van der Waals surface area contributed by atoms with Gasteiger partial charge >= 0.3 is 5.82 Å². The second-order valence-corrected chi connectivity index (χ2v) is 5.18. The zero-order valence-electron chi connectivity index (χ0n) is 8.96. The Labute approximate surface area is 97.8 Å². The van der Waals surface area contributed by atoms with Gasteiger partial charge in [-0.25, -0.2) is 0 Å². The number of aliphatic imine (C=N–C) groups is 2.